The van der Waals surface area contributed by atoms with Gasteiger partial charge in [-0.2, -0.15) is 0 Å². The Hall–Kier alpha value is -3.10. The molecule has 0 aromatic heterocycles. The van der Waals surface area contributed by atoms with E-state index in [2.05, 4.69) is 5.32 Å². The van der Waals surface area contributed by atoms with E-state index in [1.165, 1.54) is 0 Å². The molecule has 2 aromatic rings. The van der Waals surface area contributed by atoms with E-state index in [-0.39, 0.29) is 17.9 Å². The second-order valence-corrected chi connectivity index (χ2v) is 9.77. The van der Waals surface area contributed by atoms with Crippen molar-refractivity contribution < 1.29 is 28.6 Å². The summed E-state index contributed by atoms with van der Waals surface area (Å²) in [5.74, 6) is -1.13. The van der Waals surface area contributed by atoms with Gasteiger partial charge in [0.25, 0.3) is 5.91 Å². The Bertz CT molecular complexity index is 1040. The van der Waals surface area contributed by atoms with Crippen LogP contribution in [0.4, 0.5) is 0 Å². The molecule has 0 aliphatic heterocycles. The number of esters is 2. The maximum absolute atomic E-state index is 12.5. The molecule has 1 aliphatic carbocycles. The van der Waals surface area contributed by atoms with E-state index in [1.54, 1.807) is 50.2 Å². The summed E-state index contributed by atoms with van der Waals surface area (Å²) >= 11 is 5.85. The number of amides is 1. The lowest BCUT2D eigenvalue weighted by Crippen LogP contribution is -2.41. The van der Waals surface area contributed by atoms with E-state index < -0.39 is 24.3 Å². The van der Waals surface area contributed by atoms with E-state index in [0.717, 1.165) is 24.8 Å². The number of hydrogen-bond donors (Lipinski definition) is 2. The largest absolute Gasteiger partial charge is 0.476 e. The van der Waals surface area contributed by atoms with Crippen LogP contribution in [0.2, 0.25) is 5.02 Å². The van der Waals surface area contributed by atoms with Gasteiger partial charge in [0.2, 0.25) is 6.79 Å². The first-order valence-corrected chi connectivity index (χ1v) is 12.4. The van der Waals surface area contributed by atoms with Gasteiger partial charge in [-0.3, -0.25) is 9.59 Å². The van der Waals surface area contributed by atoms with E-state index in [1.807, 2.05) is 12.1 Å². The van der Waals surface area contributed by atoms with Gasteiger partial charge in [-0.15, -0.1) is 0 Å². The number of rotatable bonds is 10. The molecule has 194 valence electrons. The molecule has 36 heavy (non-hydrogen) atoms. The number of carbonyl (C=O) groups excluding carboxylic acids is 3. The number of ether oxygens (including phenoxy) is 3. The third kappa shape index (κ3) is 7.96. The average molecular weight is 517 g/mol. The van der Waals surface area contributed by atoms with Gasteiger partial charge >= 0.3 is 11.9 Å². The van der Waals surface area contributed by atoms with Crippen molar-refractivity contribution in [2.45, 2.75) is 57.6 Å². The fourth-order valence-corrected chi connectivity index (χ4v) is 4.08. The number of halogens is 1. The SMILES string of the molecule is CC(C)(Oc1ccc(CCNC(=O)c2ccc(Cl)cc2)cc1)C(=O)OCOC(=O)[C@@H]1CCCC[C@H]1N. The number of benzene rings is 2. The standard InChI is InChI=1S/C27H33ClN2O6/c1-27(2,26(33)35-17-34-25(32)22-5-3-4-6-23(22)29)36-21-13-7-18(8-14-21)15-16-30-24(31)19-9-11-20(28)12-10-19/h7-14,22-23H,3-6,15-17,29H2,1-2H3,(H,30,31)/t22-,23-/m1/s1. The molecular weight excluding hydrogens is 484 g/mol. The van der Waals surface area contributed by atoms with Crippen molar-refractivity contribution in [1.82, 2.24) is 5.32 Å². The number of nitrogens with one attached hydrogen (secondary N) is 1. The van der Waals surface area contributed by atoms with Crippen LogP contribution in [0.1, 0.15) is 55.5 Å². The molecule has 2 aromatic carbocycles. The molecule has 0 unspecified atom stereocenters. The highest BCUT2D eigenvalue weighted by Gasteiger charge is 2.33. The molecule has 0 radical (unpaired) electrons. The fourth-order valence-electron chi connectivity index (χ4n) is 3.96. The third-order valence-corrected chi connectivity index (χ3v) is 6.36. The predicted octanol–water partition coefficient (Wildman–Crippen LogP) is 4.03. The molecule has 1 fully saturated rings. The van der Waals surface area contributed by atoms with E-state index in [4.69, 9.17) is 31.5 Å². The minimum absolute atomic E-state index is 0.167. The number of carbonyl (C=O) groups is 3. The van der Waals surface area contributed by atoms with Gasteiger partial charge in [0.1, 0.15) is 5.75 Å². The van der Waals surface area contributed by atoms with E-state index in [0.29, 0.717) is 35.7 Å². The van der Waals surface area contributed by atoms with Crippen LogP contribution in [0.5, 0.6) is 5.75 Å². The van der Waals surface area contributed by atoms with Crippen molar-refractivity contribution in [3.05, 3.63) is 64.7 Å². The molecule has 3 rings (SSSR count). The molecule has 8 nitrogen and oxygen atoms in total. The van der Waals surface area contributed by atoms with Crippen LogP contribution in [-0.2, 0) is 25.5 Å². The Labute approximate surface area is 216 Å². The summed E-state index contributed by atoms with van der Waals surface area (Å²) in [7, 11) is 0. The molecule has 1 amide bonds. The maximum atomic E-state index is 12.5. The average Bonchev–Trinajstić information content (AvgIpc) is 2.85. The third-order valence-electron chi connectivity index (χ3n) is 6.11. The second-order valence-electron chi connectivity index (χ2n) is 9.34. The summed E-state index contributed by atoms with van der Waals surface area (Å²) in [6, 6.07) is 13.7. The lowest BCUT2D eigenvalue weighted by molar-refractivity contribution is -0.180. The Morgan fingerprint density at radius 1 is 1.00 bits per heavy atom. The predicted molar refractivity (Wildman–Crippen MR) is 136 cm³/mol. The fraction of sp³-hybridized carbons (Fsp3) is 0.444. The molecular formula is C27H33ClN2O6. The van der Waals surface area contributed by atoms with E-state index in [9.17, 15) is 14.4 Å². The van der Waals surface area contributed by atoms with Crippen LogP contribution in [0, 0.1) is 5.92 Å². The number of hydrogen-bond acceptors (Lipinski definition) is 7. The van der Waals surface area contributed by atoms with Gasteiger partial charge in [-0.1, -0.05) is 36.6 Å². The molecule has 3 N–H and O–H groups in total. The maximum Gasteiger partial charge on any atom is 0.352 e. The lowest BCUT2D eigenvalue weighted by Gasteiger charge is -2.27. The Balaban J connectivity index is 1.40. The Morgan fingerprint density at radius 2 is 1.67 bits per heavy atom. The minimum Gasteiger partial charge on any atom is -0.476 e. The summed E-state index contributed by atoms with van der Waals surface area (Å²) in [6.07, 6.45) is 4.05. The molecule has 9 heteroatoms. The molecule has 0 spiro atoms. The minimum atomic E-state index is -1.29. The second kappa shape index (κ2) is 12.7. The Kier molecular flexibility index (Phi) is 9.73. The normalized spacial score (nSPS) is 17.7. The highest BCUT2D eigenvalue weighted by Crippen LogP contribution is 2.24. The summed E-state index contributed by atoms with van der Waals surface area (Å²) in [4.78, 5) is 36.9. The monoisotopic (exact) mass is 516 g/mol. The summed E-state index contributed by atoms with van der Waals surface area (Å²) in [5.41, 5.74) is 6.24. The molecule has 0 bridgehead atoms. The van der Waals surface area contributed by atoms with Crippen LogP contribution in [0.15, 0.2) is 48.5 Å². The molecule has 0 heterocycles. The van der Waals surface area contributed by atoms with Crippen LogP contribution in [0.25, 0.3) is 0 Å². The zero-order valence-corrected chi connectivity index (χ0v) is 21.4. The van der Waals surface area contributed by atoms with Crippen molar-refractivity contribution in [2.24, 2.45) is 11.7 Å². The van der Waals surface area contributed by atoms with Gasteiger partial charge in [0.05, 0.1) is 5.92 Å². The topological polar surface area (TPSA) is 117 Å². The molecule has 1 aliphatic rings. The van der Waals surface area contributed by atoms with Crippen LogP contribution in [-0.4, -0.2) is 42.8 Å². The molecule has 0 saturated heterocycles. The van der Waals surface area contributed by atoms with Crippen molar-refractivity contribution in [3.63, 3.8) is 0 Å². The van der Waals surface area contributed by atoms with Crippen molar-refractivity contribution in [2.75, 3.05) is 13.3 Å². The summed E-state index contributed by atoms with van der Waals surface area (Å²) < 4.78 is 16.0. The van der Waals surface area contributed by atoms with Crippen LogP contribution in [0.3, 0.4) is 0 Å². The molecule has 2 atom stereocenters. The molecule has 1 saturated carbocycles. The van der Waals surface area contributed by atoms with Gasteiger partial charge < -0.3 is 25.3 Å². The number of nitrogens with two attached hydrogens (primary N) is 1. The van der Waals surface area contributed by atoms with Crippen LogP contribution >= 0.6 is 11.6 Å². The van der Waals surface area contributed by atoms with Crippen molar-refractivity contribution in [1.29, 1.82) is 0 Å². The van der Waals surface area contributed by atoms with Crippen molar-refractivity contribution >= 4 is 29.4 Å². The van der Waals surface area contributed by atoms with Gasteiger partial charge in [0.15, 0.2) is 5.60 Å². The lowest BCUT2D eigenvalue weighted by atomic mass is 9.85. The zero-order valence-electron chi connectivity index (χ0n) is 20.6. The summed E-state index contributed by atoms with van der Waals surface area (Å²) in [6.45, 7) is 3.14. The quantitative estimate of drug-likeness (QED) is 0.361. The highest BCUT2D eigenvalue weighted by molar-refractivity contribution is 6.30. The zero-order chi connectivity index (χ0) is 26.1. The first-order chi connectivity index (χ1) is 17.2. The first-order valence-electron chi connectivity index (χ1n) is 12.1. The smallest absolute Gasteiger partial charge is 0.352 e. The van der Waals surface area contributed by atoms with Gasteiger partial charge in [-0.25, -0.2) is 4.79 Å². The Morgan fingerprint density at radius 3 is 2.33 bits per heavy atom. The van der Waals surface area contributed by atoms with Crippen LogP contribution < -0.4 is 15.8 Å². The summed E-state index contributed by atoms with van der Waals surface area (Å²) in [5, 5.41) is 3.45. The van der Waals surface area contributed by atoms with Gasteiger partial charge in [0, 0.05) is 23.2 Å². The van der Waals surface area contributed by atoms with Crippen molar-refractivity contribution in [3.8, 4) is 5.75 Å². The van der Waals surface area contributed by atoms with E-state index >= 15 is 0 Å². The first kappa shape index (κ1) is 27.5. The van der Waals surface area contributed by atoms with Gasteiger partial charge in [-0.05, 0) is 75.1 Å². The highest BCUT2D eigenvalue weighted by atomic mass is 35.5.